The Morgan fingerprint density at radius 2 is 1.52 bits per heavy atom. The van der Waals surface area contributed by atoms with Gasteiger partial charge < -0.3 is 10.0 Å². The third kappa shape index (κ3) is 1.74. The maximum atomic E-state index is 9.76. The van der Waals surface area contributed by atoms with Crippen molar-refractivity contribution in [1.29, 1.82) is 0 Å². The molecule has 0 saturated heterocycles. The minimum atomic E-state index is -1.41. The predicted octanol–water partition coefficient (Wildman–Crippen LogP) is 2.60. The van der Waals surface area contributed by atoms with Gasteiger partial charge in [0.1, 0.15) is 0 Å². The van der Waals surface area contributed by atoms with Crippen LogP contribution in [0.4, 0.5) is 0 Å². The first-order valence-electron chi connectivity index (χ1n) is 7.83. The van der Waals surface area contributed by atoms with Crippen LogP contribution in [-0.2, 0) is 5.41 Å². The second-order valence-electron chi connectivity index (χ2n) is 6.33. The number of hydrogen-bond acceptors (Lipinski definition) is 2. The largest absolute Gasteiger partial charge is 0.489 e. The topological polar surface area (TPSA) is 40.5 Å². The van der Waals surface area contributed by atoms with Crippen LogP contribution in [0.15, 0.2) is 42.5 Å². The van der Waals surface area contributed by atoms with Crippen LogP contribution >= 0.6 is 0 Å². The molecule has 0 radical (unpaired) electrons. The maximum Gasteiger partial charge on any atom is 0.489 e. The lowest BCUT2D eigenvalue weighted by atomic mass is 9.67. The zero-order valence-corrected chi connectivity index (χ0v) is 12.0. The molecule has 2 aliphatic carbocycles. The molecule has 1 saturated carbocycles. The third-order valence-corrected chi connectivity index (χ3v) is 5.31. The molecule has 0 unspecified atom stereocenters. The maximum absolute atomic E-state index is 9.76. The molecule has 21 heavy (non-hydrogen) atoms. The van der Waals surface area contributed by atoms with Crippen LogP contribution in [0.2, 0.25) is 0 Å². The van der Waals surface area contributed by atoms with Crippen LogP contribution in [0.5, 0.6) is 0 Å². The summed E-state index contributed by atoms with van der Waals surface area (Å²) < 4.78 is 0. The highest BCUT2D eigenvalue weighted by atomic mass is 16.4. The smallest absolute Gasteiger partial charge is 0.423 e. The summed E-state index contributed by atoms with van der Waals surface area (Å²) in [5, 5.41) is 19.5. The Morgan fingerprint density at radius 3 is 2.29 bits per heavy atom. The number of hydrogen-bond donors (Lipinski definition) is 2. The van der Waals surface area contributed by atoms with Crippen molar-refractivity contribution in [3.05, 3.63) is 53.6 Å². The van der Waals surface area contributed by atoms with E-state index < -0.39 is 7.12 Å². The van der Waals surface area contributed by atoms with E-state index in [-0.39, 0.29) is 5.41 Å². The van der Waals surface area contributed by atoms with E-state index in [0.29, 0.717) is 5.46 Å². The van der Waals surface area contributed by atoms with Crippen LogP contribution < -0.4 is 5.46 Å². The number of benzene rings is 2. The second kappa shape index (κ2) is 4.72. The summed E-state index contributed by atoms with van der Waals surface area (Å²) in [6.45, 7) is 0. The van der Waals surface area contributed by atoms with Gasteiger partial charge in [-0.1, -0.05) is 61.7 Å². The predicted molar refractivity (Wildman–Crippen MR) is 85.6 cm³/mol. The molecular formula is C18H19BO2. The Hall–Kier alpha value is -1.58. The Balaban J connectivity index is 2.04. The first-order chi connectivity index (χ1) is 10.2. The van der Waals surface area contributed by atoms with Gasteiger partial charge in [-0.05, 0) is 40.6 Å². The van der Waals surface area contributed by atoms with Crippen LogP contribution in [-0.4, -0.2) is 17.2 Å². The van der Waals surface area contributed by atoms with Gasteiger partial charge in [0.2, 0.25) is 0 Å². The molecule has 1 fully saturated rings. The first-order valence-corrected chi connectivity index (χ1v) is 7.83. The lowest BCUT2D eigenvalue weighted by Gasteiger charge is -2.36. The van der Waals surface area contributed by atoms with Gasteiger partial charge in [-0.25, -0.2) is 0 Å². The molecule has 2 aromatic carbocycles. The van der Waals surface area contributed by atoms with Crippen molar-refractivity contribution in [2.75, 3.05) is 0 Å². The van der Waals surface area contributed by atoms with E-state index in [9.17, 15) is 10.0 Å². The zero-order valence-electron chi connectivity index (χ0n) is 12.0. The number of fused-ring (bicyclic) bond motifs is 5. The molecule has 4 rings (SSSR count). The lowest BCUT2D eigenvalue weighted by Crippen LogP contribution is -2.33. The van der Waals surface area contributed by atoms with Crippen LogP contribution in [0, 0.1) is 0 Å². The monoisotopic (exact) mass is 278 g/mol. The average Bonchev–Trinajstić information content (AvgIpc) is 2.79. The van der Waals surface area contributed by atoms with Crippen molar-refractivity contribution in [2.45, 2.75) is 37.5 Å². The minimum Gasteiger partial charge on any atom is -0.423 e. The first kappa shape index (κ1) is 13.1. The molecule has 2 N–H and O–H groups in total. The molecule has 0 bridgehead atoms. The Bertz CT molecular complexity index is 687. The third-order valence-electron chi connectivity index (χ3n) is 5.31. The van der Waals surface area contributed by atoms with Gasteiger partial charge in [0, 0.05) is 5.41 Å². The summed E-state index contributed by atoms with van der Waals surface area (Å²) in [6.07, 6.45) is 6.14. The van der Waals surface area contributed by atoms with Gasteiger partial charge in [-0.3, -0.25) is 0 Å². The van der Waals surface area contributed by atoms with E-state index in [1.54, 1.807) is 0 Å². The van der Waals surface area contributed by atoms with E-state index in [1.807, 2.05) is 18.2 Å². The zero-order chi connectivity index (χ0) is 14.4. The Kier molecular flexibility index (Phi) is 2.95. The Morgan fingerprint density at radius 1 is 0.810 bits per heavy atom. The molecule has 0 atom stereocenters. The van der Waals surface area contributed by atoms with E-state index in [1.165, 1.54) is 48.8 Å². The Labute approximate surface area is 125 Å². The van der Waals surface area contributed by atoms with Crippen LogP contribution in [0.1, 0.15) is 43.2 Å². The molecule has 2 aromatic rings. The minimum absolute atomic E-state index is 0.0923. The number of rotatable bonds is 1. The fraction of sp³-hybridized carbons (Fsp3) is 0.333. The molecule has 3 heteroatoms. The van der Waals surface area contributed by atoms with Crippen LogP contribution in [0.25, 0.3) is 11.1 Å². The molecule has 0 amide bonds. The highest BCUT2D eigenvalue weighted by Crippen LogP contribution is 2.54. The van der Waals surface area contributed by atoms with Crippen molar-refractivity contribution in [1.82, 2.24) is 0 Å². The van der Waals surface area contributed by atoms with Crippen molar-refractivity contribution in [3.63, 3.8) is 0 Å². The normalized spacial score (nSPS) is 18.4. The van der Waals surface area contributed by atoms with Gasteiger partial charge in [-0.2, -0.15) is 0 Å². The summed E-state index contributed by atoms with van der Waals surface area (Å²) in [5.74, 6) is 0. The van der Waals surface area contributed by atoms with Crippen LogP contribution in [0.3, 0.4) is 0 Å². The molecule has 0 heterocycles. The van der Waals surface area contributed by atoms with E-state index in [0.717, 1.165) is 5.56 Å². The van der Waals surface area contributed by atoms with Gasteiger partial charge in [0.25, 0.3) is 0 Å². The van der Waals surface area contributed by atoms with Gasteiger partial charge >= 0.3 is 7.12 Å². The van der Waals surface area contributed by atoms with Crippen molar-refractivity contribution in [3.8, 4) is 11.1 Å². The SMILES string of the molecule is OB(O)c1cccc2c1-c1ccccc1C21CCCCC1. The molecule has 2 aliphatic rings. The fourth-order valence-corrected chi connectivity index (χ4v) is 4.44. The fourth-order valence-electron chi connectivity index (χ4n) is 4.44. The average molecular weight is 278 g/mol. The molecule has 0 aliphatic heterocycles. The van der Waals surface area contributed by atoms with E-state index in [2.05, 4.69) is 24.3 Å². The van der Waals surface area contributed by atoms with E-state index >= 15 is 0 Å². The lowest BCUT2D eigenvalue weighted by molar-refractivity contribution is 0.353. The molecular weight excluding hydrogens is 259 g/mol. The van der Waals surface area contributed by atoms with Gasteiger partial charge in [0.05, 0.1) is 0 Å². The van der Waals surface area contributed by atoms with Crippen molar-refractivity contribution < 1.29 is 10.0 Å². The summed E-state index contributed by atoms with van der Waals surface area (Å²) in [7, 11) is -1.41. The second-order valence-corrected chi connectivity index (χ2v) is 6.33. The molecule has 0 aromatic heterocycles. The molecule has 106 valence electrons. The van der Waals surface area contributed by atoms with E-state index in [4.69, 9.17) is 0 Å². The summed E-state index contributed by atoms with van der Waals surface area (Å²) in [6, 6.07) is 14.5. The van der Waals surface area contributed by atoms with Gasteiger partial charge in [-0.15, -0.1) is 0 Å². The molecule has 2 nitrogen and oxygen atoms in total. The van der Waals surface area contributed by atoms with Gasteiger partial charge in [0.15, 0.2) is 0 Å². The summed E-state index contributed by atoms with van der Waals surface area (Å²) in [4.78, 5) is 0. The summed E-state index contributed by atoms with van der Waals surface area (Å²) in [5.41, 5.74) is 5.67. The quantitative estimate of drug-likeness (QED) is 0.787. The highest BCUT2D eigenvalue weighted by molar-refractivity contribution is 6.60. The highest BCUT2D eigenvalue weighted by Gasteiger charge is 2.44. The molecule has 1 spiro atoms. The standard InChI is InChI=1S/C18H19BO2/c20-19(21)16-10-6-9-15-17(16)13-7-2-3-8-14(13)18(15)11-4-1-5-12-18/h2-3,6-10,20-21H,1,4-5,11-12H2. The summed E-state index contributed by atoms with van der Waals surface area (Å²) >= 11 is 0. The van der Waals surface area contributed by atoms with Crippen molar-refractivity contribution >= 4 is 12.6 Å². The van der Waals surface area contributed by atoms with Crippen molar-refractivity contribution in [2.24, 2.45) is 0 Å².